The van der Waals surface area contributed by atoms with E-state index in [1.165, 1.54) is 20.9 Å². The molecular formula is C18H19N3O2S3. The van der Waals surface area contributed by atoms with E-state index in [4.69, 9.17) is 12.2 Å². The molecule has 5 nitrogen and oxygen atoms in total. The molecule has 0 spiro atoms. The molecule has 3 aromatic heterocycles. The highest BCUT2D eigenvalue weighted by atomic mass is 32.1. The van der Waals surface area contributed by atoms with Crippen LogP contribution in [-0.4, -0.2) is 15.6 Å². The summed E-state index contributed by atoms with van der Waals surface area (Å²) in [5.41, 5.74) is 5.07. The first-order chi connectivity index (χ1) is 12.4. The van der Waals surface area contributed by atoms with Crippen LogP contribution in [0.15, 0.2) is 10.2 Å². The van der Waals surface area contributed by atoms with Gasteiger partial charge in [-0.05, 0) is 62.4 Å². The Morgan fingerprint density at radius 1 is 1.42 bits per heavy atom. The maximum absolute atomic E-state index is 13.1. The summed E-state index contributed by atoms with van der Waals surface area (Å²) in [5.74, 6) is 0.316. The zero-order valence-corrected chi connectivity index (χ0v) is 17.2. The first-order valence-corrected chi connectivity index (χ1v) is 10.6. The normalized spacial score (nSPS) is 16.7. The van der Waals surface area contributed by atoms with Crippen molar-refractivity contribution in [2.75, 3.05) is 5.43 Å². The monoisotopic (exact) mass is 405 g/mol. The molecule has 4 rings (SSSR count). The third kappa shape index (κ3) is 2.76. The molecule has 0 unspecified atom stereocenters. The number of aryl methyl sites for hydroxylation is 2. The van der Waals surface area contributed by atoms with Gasteiger partial charge in [0.1, 0.15) is 4.83 Å². The standard InChI is InChI=1S/C18H19N3O2S3/c1-8-4-5-11-13(6-8)26-16-14(11)17(23)21(18(24)19-16)20-15(22)12-7-25-10(3)9(12)2/h7-8H,4-6H2,1-3H3,(H,19,24)(H,20,22)/t8-/m0/s1. The van der Waals surface area contributed by atoms with Crippen molar-refractivity contribution >= 4 is 51.0 Å². The van der Waals surface area contributed by atoms with Crippen LogP contribution >= 0.6 is 34.9 Å². The summed E-state index contributed by atoms with van der Waals surface area (Å²) in [6.07, 6.45) is 2.97. The summed E-state index contributed by atoms with van der Waals surface area (Å²) < 4.78 is 1.39. The van der Waals surface area contributed by atoms with Crippen LogP contribution in [0.5, 0.6) is 0 Å². The minimum atomic E-state index is -0.314. The van der Waals surface area contributed by atoms with Gasteiger partial charge in [0.15, 0.2) is 0 Å². The summed E-state index contributed by atoms with van der Waals surface area (Å²) in [6, 6.07) is 0. The van der Waals surface area contributed by atoms with Gasteiger partial charge in [0, 0.05) is 15.1 Å². The lowest BCUT2D eigenvalue weighted by Crippen LogP contribution is -2.34. The van der Waals surface area contributed by atoms with Crippen LogP contribution in [0.1, 0.15) is 44.6 Å². The molecule has 3 aromatic rings. The molecule has 0 aromatic carbocycles. The van der Waals surface area contributed by atoms with Crippen LogP contribution in [0, 0.1) is 24.5 Å². The molecule has 1 amide bonds. The van der Waals surface area contributed by atoms with Crippen molar-refractivity contribution in [2.45, 2.75) is 40.0 Å². The van der Waals surface area contributed by atoms with Gasteiger partial charge < -0.3 is 4.98 Å². The van der Waals surface area contributed by atoms with Crippen molar-refractivity contribution in [1.29, 1.82) is 0 Å². The fourth-order valence-corrected chi connectivity index (χ4v) is 5.99. The second-order valence-electron chi connectivity index (χ2n) is 6.90. The minimum Gasteiger partial charge on any atom is -0.322 e. The summed E-state index contributed by atoms with van der Waals surface area (Å²) in [4.78, 5) is 32.0. The van der Waals surface area contributed by atoms with Crippen LogP contribution in [0.25, 0.3) is 10.2 Å². The number of fused-ring (bicyclic) bond motifs is 3. The third-order valence-electron chi connectivity index (χ3n) is 5.10. The van der Waals surface area contributed by atoms with Crippen molar-refractivity contribution in [3.8, 4) is 0 Å². The van der Waals surface area contributed by atoms with E-state index in [2.05, 4.69) is 17.3 Å². The van der Waals surface area contributed by atoms with Gasteiger partial charge in [0.05, 0.1) is 10.9 Å². The lowest BCUT2D eigenvalue weighted by molar-refractivity contribution is 0.101. The van der Waals surface area contributed by atoms with E-state index in [0.717, 1.165) is 40.1 Å². The predicted molar refractivity (Wildman–Crippen MR) is 110 cm³/mol. The third-order valence-corrected chi connectivity index (χ3v) is 7.56. The average Bonchev–Trinajstić information content (AvgIpc) is 3.11. The van der Waals surface area contributed by atoms with E-state index in [9.17, 15) is 9.59 Å². The molecular weight excluding hydrogens is 386 g/mol. The van der Waals surface area contributed by atoms with Gasteiger partial charge >= 0.3 is 0 Å². The minimum absolute atomic E-state index is 0.215. The highest BCUT2D eigenvalue weighted by Crippen LogP contribution is 2.35. The smallest absolute Gasteiger partial charge is 0.282 e. The molecule has 0 bridgehead atoms. The number of aromatic nitrogens is 2. The van der Waals surface area contributed by atoms with Crippen LogP contribution in [-0.2, 0) is 12.8 Å². The molecule has 136 valence electrons. The Morgan fingerprint density at radius 2 is 2.19 bits per heavy atom. The van der Waals surface area contributed by atoms with Crippen molar-refractivity contribution in [3.63, 3.8) is 0 Å². The second kappa shape index (κ2) is 6.44. The number of carbonyl (C=O) groups excluding carboxylic acids is 1. The van der Waals surface area contributed by atoms with E-state index >= 15 is 0 Å². The lowest BCUT2D eigenvalue weighted by Gasteiger charge is -2.17. The number of nitrogens with zero attached hydrogens (tertiary/aromatic N) is 1. The fourth-order valence-electron chi connectivity index (χ4n) is 3.42. The number of aromatic amines is 1. The largest absolute Gasteiger partial charge is 0.322 e. The number of carbonyl (C=O) groups is 1. The molecule has 2 N–H and O–H groups in total. The fraction of sp³-hybridized carbons (Fsp3) is 0.389. The SMILES string of the molecule is Cc1scc(C(=O)Nn2c(=S)[nH]c3sc4c(c3c2=O)CC[C@H](C)C4)c1C. The van der Waals surface area contributed by atoms with Gasteiger partial charge in [-0.1, -0.05) is 6.92 Å². The van der Waals surface area contributed by atoms with E-state index in [-0.39, 0.29) is 16.2 Å². The molecule has 0 saturated carbocycles. The molecule has 1 aliphatic carbocycles. The Bertz CT molecular complexity index is 1150. The van der Waals surface area contributed by atoms with E-state index in [0.29, 0.717) is 16.9 Å². The molecule has 3 heterocycles. The first kappa shape index (κ1) is 17.6. The number of thiophene rings is 2. The van der Waals surface area contributed by atoms with Gasteiger partial charge in [-0.25, -0.2) is 0 Å². The topological polar surface area (TPSA) is 66.9 Å². The van der Waals surface area contributed by atoms with Crippen LogP contribution in [0.4, 0.5) is 0 Å². The van der Waals surface area contributed by atoms with E-state index < -0.39 is 0 Å². The zero-order chi connectivity index (χ0) is 18.6. The van der Waals surface area contributed by atoms with E-state index in [1.807, 2.05) is 19.2 Å². The number of amides is 1. The molecule has 8 heteroatoms. The number of rotatable bonds is 2. The highest BCUT2D eigenvalue weighted by Gasteiger charge is 2.24. The summed E-state index contributed by atoms with van der Waals surface area (Å²) >= 11 is 8.47. The second-order valence-corrected chi connectivity index (χ2v) is 9.47. The highest BCUT2D eigenvalue weighted by molar-refractivity contribution is 7.71. The molecule has 0 radical (unpaired) electrons. The Hall–Kier alpha value is -1.77. The molecule has 1 aliphatic rings. The quantitative estimate of drug-likeness (QED) is 0.625. The molecule has 1 atom stereocenters. The molecule has 26 heavy (non-hydrogen) atoms. The van der Waals surface area contributed by atoms with E-state index in [1.54, 1.807) is 11.3 Å². The van der Waals surface area contributed by atoms with Crippen LogP contribution in [0.3, 0.4) is 0 Å². The van der Waals surface area contributed by atoms with Gasteiger partial charge in [-0.2, -0.15) is 4.68 Å². The lowest BCUT2D eigenvalue weighted by atomic mass is 9.89. The Labute approximate surface area is 163 Å². The van der Waals surface area contributed by atoms with Gasteiger partial charge in [0.25, 0.3) is 11.5 Å². The summed E-state index contributed by atoms with van der Waals surface area (Å²) in [6.45, 7) is 6.11. The summed E-state index contributed by atoms with van der Waals surface area (Å²) in [5, 5.41) is 2.48. The molecule has 0 fully saturated rings. The first-order valence-electron chi connectivity index (χ1n) is 8.52. The summed E-state index contributed by atoms with van der Waals surface area (Å²) in [7, 11) is 0. The van der Waals surface area contributed by atoms with Crippen molar-refractivity contribution < 1.29 is 4.79 Å². The Kier molecular flexibility index (Phi) is 4.37. The van der Waals surface area contributed by atoms with Crippen LogP contribution in [0.2, 0.25) is 0 Å². The number of hydrogen-bond acceptors (Lipinski definition) is 5. The maximum Gasteiger partial charge on any atom is 0.282 e. The maximum atomic E-state index is 13.1. The number of hydrogen-bond donors (Lipinski definition) is 2. The Balaban J connectivity index is 1.81. The van der Waals surface area contributed by atoms with Gasteiger partial charge in [0.2, 0.25) is 4.77 Å². The van der Waals surface area contributed by atoms with Crippen molar-refractivity contribution in [2.24, 2.45) is 5.92 Å². The van der Waals surface area contributed by atoms with Crippen LogP contribution < -0.4 is 11.0 Å². The number of H-pyrrole nitrogens is 1. The van der Waals surface area contributed by atoms with Crippen molar-refractivity contribution in [1.82, 2.24) is 9.66 Å². The molecule has 0 saturated heterocycles. The van der Waals surface area contributed by atoms with Gasteiger partial charge in [-0.15, -0.1) is 22.7 Å². The molecule has 0 aliphatic heterocycles. The Morgan fingerprint density at radius 3 is 2.88 bits per heavy atom. The number of nitrogens with one attached hydrogen (secondary N) is 2. The average molecular weight is 406 g/mol. The van der Waals surface area contributed by atoms with Gasteiger partial charge in [-0.3, -0.25) is 15.0 Å². The zero-order valence-electron chi connectivity index (χ0n) is 14.8. The van der Waals surface area contributed by atoms with Crippen molar-refractivity contribution in [3.05, 3.63) is 46.9 Å². The predicted octanol–water partition coefficient (Wildman–Crippen LogP) is 4.31.